The van der Waals surface area contributed by atoms with Gasteiger partial charge in [-0.05, 0) is 36.2 Å². The molecular formula is C17H23N3OS. The molecule has 1 amide bonds. The summed E-state index contributed by atoms with van der Waals surface area (Å²) in [4.78, 5) is 14.1. The highest BCUT2D eigenvalue weighted by atomic mass is 32.1. The SMILES string of the molecule is CC1=C(C(=O)N(C)C)C(c2ccc(C(C)C)cc2)NC(=S)N1. The Bertz CT molecular complexity index is 617. The fraction of sp³-hybridized carbons (Fsp3) is 0.412. The number of carbonyl (C=O) groups is 1. The van der Waals surface area contributed by atoms with E-state index in [1.165, 1.54) is 5.56 Å². The quantitative estimate of drug-likeness (QED) is 0.841. The third kappa shape index (κ3) is 3.30. The molecule has 0 saturated carbocycles. The molecule has 0 aromatic heterocycles. The van der Waals surface area contributed by atoms with Gasteiger partial charge < -0.3 is 15.5 Å². The van der Waals surface area contributed by atoms with E-state index in [1.807, 2.05) is 6.92 Å². The van der Waals surface area contributed by atoms with Crippen LogP contribution in [0.1, 0.15) is 43.9 Å². The van der Waals surface area contributed by atoms with Crippen molar-refractivity contribution in [2.24, 2.45) is 0 Å². The molecule has 118 valence electrons. The molecule has 1 unspecified atom stereocenters. The zero-order valence-corrected chi connectivity index (χ0v) is 14.5. The van der Waals surface area contributed by atoms with Crippen LogP contribution in [-0.4, -0.2) is 30.0 Å². The number of thiocarbonyl (C=S) groups is 1. The molecule has 0 saturated heterocycles. The average molecular weight is 317 g/mol. The molecule has 0 bridgehead atoms. The zero-order chi connectivity index (χ0) is 16.4. The second kappa shape index (κ2) is 6.48. The van der Waals surface area contributed by atoms with Crippen LogP contribution in [0.2, 0.25) is 0 Å². The molecule has 0 radical (unpaired) electrons. The standard InChI is InChI=1S/C17H23N3OS/c1-10(2)12-6-8-13(9-7-12)15-14(16(21)20(4)5)11(3)18-17(22)19-15/h6-10,15H,1-5H3,(H2,18,19,22). The number of rotatable bonds is 3. The summed E-state index contributed by atoms with van der Waals surface area (Å²) < 4.78 is 0. The molecule has 1 aliphatic rings. The van der Waals surface area contributed by atoms with E-state index in [4.69, 9.17) is 12.2 Å². The number of carbonyl (C=O) groups excluding carboxylic acids is 1. The highest BCUT2D eigenvalue weighted by Crippen LogP contribution is 2.28. The van der Waals surface area contributed by atoms with Crippen LogP contribution in [0.4, 0.5) is 0 Å². The van der Waals surface area contributed by atoms with E-state index in [2.05, 4.69) is 48.7 Å². The maximum Gasteiger partial charge on any atom is 0.253 e. The molecule has 2 N–H and O–H groups in total. The van der Waals surface area contributed by atoms with Gasteiger partial charge in [-0.25, -0.2) is 0 Å². The lowest BCUT2D eigenvalue weighted by atomic mass is 9.92. The summed E-state index contributed by atoms with van der Waals surface area (Å²) in [5, 5.41) is 6.81. The Balaban J connectivity index is 2.43. The first-order chi connectivity index (χ1) is 10.3. The van der Waals surface area contributed by atoms with E-state index in [-0.39, 0.29) is 11.9 Å². The number of likely N-dealkylation sites (N-methyl/N-ethyl adjacent to an activating group) is 1. The highest BCUT2D eigenvalue weighted by Gasteiger charge is 2.30. The van der Waals surface area contributed by atoms with Gasteiger partial charge >= 0.3 is 0 Å². The van der Waals surface area contributed by atoms with E-state index in [0.717, 1.165) is 11.3 Å². The van der Waals surface area contributed by atoms with Crippen LogP contribution in [0.3, 0.4) is 0 Å². The molecule has 2 rings (SSSR count). The van der Waals surface area contributed by atoms with Gasteiger partial charge in [0.1, 0.15) is 0 Å². The topological polar surface area (TPSA) is 44.4 Å². The predicted octanol–water partition coefficient (Wildman–Crippen LogP) is 2.69. The molecule has 4 nitrogen and oxygen atoms in total. The van der Waals surface area contributed by atoms with Crippen LogP contribution < -0.4 is 10.6 Å². The summed E-state index contributed by atoms with van der Waals surface area (Å²) >= 11 is 5.25. The summed E-state index contributed by atoms with van der Waals surface area (Å²) in [6.07, 6.45) is 0. The summed E-state index contributed by atoms with van der Waals surface area (Å²) in [5.41, 5.74) is 3.83. The fourth-order valence-electron chi connectivity index (χ4n) is 2.54. The molecule has 5 heteroatoms. The molecular weight excluding hydrogens is 294 g/mol. The number of hydrogen-bond donors (Lipinski definition) is 2. The lowest BCUT2D eigenvalue weighted by Gasteiger charge is -2.31. The monoisotopic (exact) mass is 317 g/mol. The van der Waals surface area contributed by atoms with Crippen LogP contribution in [0.5, 0.6) is 0 Å². The lowest BCUT2D eigenvalue weighted by Crippen LogP contribution is -2.46. The minimum absolute atomic E-state index is 0.0158. The van der Waals surface area contributed by atoms with Crippen molar-refractivity contribution < 1.29 is 4.79 Å². The van der Waals surface area contributed by atoms with Gasteiger partial charge in [-0.3, -0.25) is 4.79 Å². The Kier molecular flexibility index (Phi) is 4.86. The van der Waals surface area contributed by atoms with Gasteiger partial charge in [-0.15, -0.1) is 0 Å². The summed E-state index contributed by atoms with van der Waals surface area (Å²) in [6, 6.07) is 8.14. The Hall–Kier alpha value is -1.88. The van der Waals surface area contributed by atoms with Crippen LogP contribution in [-0.2, 0) is 4.79 Å². The predicted molar refractivity (Wildman–Crippen MR) is 93.5 cm³/mol. The maximum absolute atomic E-state index is 12.5. The molecule has 0 fully saturated rings. The molecule has 1 aliphatic heterocycles. The van der Waals surface area contributed by atoms with E-state index in [1.54, 1.807) is 19.0 Å². The molecule has 1 aromatic rings. The van der Waals surface area contributed by atoms with Crippen LogP contribution >= 0.6 is 12.2 Å². The lowest BCUT2D eigenvalue weighted by molar-refractivity contribution is -0.125. The fourth-order valence-corrected chi connectivity index (χ4v) is 2.81. The van der Waals surface area contributed by atoms with Crippen molar-refractivity contribution >= 4 is 23.2 Å². The summed E-state index contributed by atoms with van der Waals surface area (Å²) in [6.45, 7) is 6.22. The van der Waals surface area contributed by atoms with E-state index in [0.29, 0.717) is 16.6 Å². The first-order valence-electron chi connectivity index (χ1n) is 7.41. The Morgan fingerprint density at radius 3 is 2.32 bits per heavy atom. The van der Waals surface area contributed by atoms with Crippen molar-refractivity contribution in [3.63, 3.8) is 0 Å². The zero-order valence-electron chi connectivity index (χ0n) is 13.7. The third-order valence-corrected chi connectivity index (χ3v) is 4.06. The molecule has 1 atom stereocenters. The van der Waals surface area contributed by atoms with Crippen molar-refractivity contribution in [2.45, 2.75) is 32.7 Å². The molecule has 22 heavy (non-hydrogen) atoms. The normalized spacial score (nSPS) is 18.1. The average Bonchev–Trinajstić information content (AvgIpc) is 2.45. The maximum atomic E-state index is 12.5. The Morgan fingerprint density at radius 1 is 1.23 bits per heavy atom. The number of hydrogen-bond acceptors (Lipinski definition) is 2. The first-order valence-corrected chi connectivity index (χ1v) is 7.82. The largest absolute Gasteiger partial charge is 0.351 e. The van der Waals surface area contributed by atoms with Crippen LogP contribution in [0.25, 0.3) is 0 Å². The number of amides is 1. The van der Waals surface area contributed by atoms with Crippen molar-refractivity contribution in [2.75, 3.05) is 14.1 Å². The second-order valence-corrected chi connectivity index (χ2v) is 6.50. The summed E-state index contributed by atoms with van der Waals surface area (Å²) in [5.74, 6) is 0.467. The van der Waals surface area contributed by atoms with Gasteiger partial charge in [-0.2, -0.15) is 0 Å². The van der Waals surface area contributed by atoms with Crippen LogP contribution in [0, 0.1) is 0 Å². The Labute approximate surface area is 137 Å². The minimum atomic E-state index is -0.218. The van der Waals surface area contributed by atoms with Crippen molar-refractivity contribution in [1.29, 1.82) is 0 Å². The number of nitrogens with one attached hydrogen (secondary N) is 2. The number of nitrogens with zero attached hydrogens (tertiary/aromatic N) is 1. The van der Waals surface area contributed by atoms with Crippen molar-refractivity contribution in [1.82, 2.24) is 15.5 Å². The molecule has 0 spiro atoms. The minimum Gasteiger partial charge on any atom is -0.351 e. The molecule has 1 aromatic carbocycles. The molecule has 0 aliphatic carbocycles. The highest BCUT2D eigenvalue weighted by molar-refractivity contribution is 7.80. The van der Waals surface area contributed by atoms with Crippen LogP contribution in [0.15, 0.2) is 35.5 Å². The van der Waals surface area contributed by atoms with Gasteiger partial charge in [0.2, 0.25) is 0 Å². The number of benzene rings is 1. The third-order valence-electron chi connectivity index (χ3n) is 3.84. The van der Waals surface area contributed by atoms with E-state index in [9.17, 15) is 4.79 Å². The van der Waals surface area contributed by atoms with E-state index >= 15 is 0 Å². The van der Waals surface area contributed by atoms with E-state index < -0.39 is 0 Å². The van der Waals surface area contributed by atoms with Gasteiger partial charge in [0, 0.05) is 19.8 Å². The summed E-state index contributed by atoms with van der Waals surface area (Å²) in [7, 11) is 3.52. The van der Waals surface area contributed by atoms with Gasteiger partial charge in [-0.1, -0.05) is 38.1 Å². The number of allylic oxidation sites excluding steroid dienone is 1. The van der Waals surface area contributed by atoms with Gasteiger partial charge in [0.15, 0.2) is 5.11 Å². The molecule has 1 heterocycles. The smallest absolute Gasteiger partial charge is 0.253 e. The van der Waals surface area contributed by atoms with Gasteiger partial charge in [0.05, 0.1) is 11.6 Å². The first kappa shape index (κ1) is 16.5. The second-order valence-electron chi connectivity index (χ2n) is 6.09. The van der Waals surface area contributed by atoms with Crippen molar-refractivity contribution in [3.8, 4) is 0 Å². The Morgan fingerprint density at radius 2 is 1.82 bits per heavy atom. The van der Waals surface area contributed by atoms with Crippen molar-refractivity contribution in [3.05, 3.63) is 46.7 Å². The van der Waals surface area contributed by atoms with Gasteiger partial charge in [0.25, 0.3) is 5.91 Å².